The number of rotatable bonds is 5. The van der Waals surface area contributed by atoms with Crippen molar-refractivity contribution >= 4 is 0 Å². The molecule has 0 rings (SSSR count). The first-order valence-electron chi connectivity index (χ1n) is 3.99. The Kier molecular flexibility index (Phi) is 5.50. The van der Waals surface area contributed by atoms with Crippen molar-refractivity contribution in [1.29, 1.82) is 5.26 Å². The Morgan fingerprint density at radius 2 is 2.36 bits per heavy atom. The fraction of sp³-hybridized carbons (Fsp3) is 0.667. The lowest BCUT2D eigenvalue weighted by Gasteiger charge is -2.23. The highest BCUT2D eigenvalue weighted by Crippen LogP contribution is 1.99. The Hall–Kier alpha value is -0.810. The van der Waals surface area contributed by atoms with Crippen LogP contribution in [0.25, 0.3) is 0 Å². The predicted octanol–water partition coefficient (Wildman–Crippen LogP) is 1.80. The summed E-state index contributed by atoms with van der Waals surface area (Å²) >= 11 is 0. The normalized spacial score (nSPS) is 12.5. The molecule has 62 valence electrons. The van der Waals surface area contributed by atoms with Crippen LogP contribution in [-0.4, -0.2) is 24.0 Å². The average molecular weight is 152 g/mol. The lowest BCUT2D eigenvalue weighted by Crippen LogP contribution is -2.31. The molecule has 0 fully saturated rings. The van der Waals surface area contributed by atoms with E-state index < -0.39 is 0 Å². The zero-order valence-corrected chi connectivity index (χ0v) is 7.38. The molecule has 11 heavy (non-hydrogen) atoms. The van der Waals surface area contributed by atoms with E-state index in [-0.39, 0.29) is 0 Å². The van der Waals surface area contributed by atoms with Crippen molar-refractivity contribution in [2.45, 2.75) is 26.3 Å². The van der Waals surface area contributed by atoms with Crippen LogP contribution >= 0.6 is 0 Å². The molecule has 0 aromatic rings. The van der Waals surface area contributed by atoms with Gasteiger partial charge in [0.2, 0.25) is 0 Å². The van der Waals surface area contributed by atoms with Crippen molar-refractivity contribution in [1.82, 2.24) is 4.90 Å². The summed E-state index contributed by atoms with van der Waals surface area (Å²) in [5.74, 6) is 0. The largest absolute Gasteiger partial charge is 0.296 e. The summed E-state index contributed by atoms with van der Waals surface area (Å²) in [6.45, 7) is 9.73. The van der Waals surface area contributed by atoms with Gasteiger partial charge in [0.25, 0.3) is 0 Å². The fourth-order valence-corrected chi connectivity index (χ4v) is 0.992. The van der Waals surface area contributed by atoms with E-state index in [1.165, 1.54) is 0 Å². The maximum atomic E-state index is 8.36. The third kappa shape index (κ3) is 3.79. The molecule has 0 N–H and O–H groups in total. The Morgan fingerprint density at radius 1 is 1.73 bits per heavy atom. The van der Waals surface area contributed by atoms with Crippen molar-refractivity contribution in [3.8, 4) is 6.07 Å². The maximum absolute atomic E-state index is 8.36. The quantitative estimate of drug-likeness (QED) is 0.562. The molecule has 0 bridgehead atoms. The molecule has 1 atom stereocenters. The van der Waals surface area contributed by atoms with Gasteiger partial charge >= 0.3 is 0 Å². The van der Waals surface area contributed by atoms with Crippen LogP contribution in [0.1, 0.15) is 20.3 Å². The van der Waals surface area contributed by atoms with E-state index in [0.717, 1.165) is 13.1 Å². The van der Waals surface area contributed by atoms with E-state index in [4.69, 9.17) is 5.26 Å². The van der Waals surface area contributed by atoms with Crippen molar-refractivity contribution in [3.63, 3.8) is 0 Å². The van der Waals surface area contributed by atoms with Crippen molar-refractivity contribution < 1.29 is 0 Å². The van der Waals surface area contributed by atoms with E-state index in [9.17, 15) is 0 Å². The van der Waals surface area contributed by atoms with Gasteiger partial charge in [0.1, 0.15) is 0 Å². The highest BCUT2D eigenvalue weighted by molar-refractivity contribution is 4.85. The van der Waals surface area contributed by atoms with Crippen LogP contribution in [0.5, 0.6) is 0 Å². The first kappa shape index (κ1) is 10.2. The van der Waals surface area contributed by atoms with Crippen LogP contribution in [0.3, 0.4) is 0 Å². The van der Waals surface area contributed by atoms with Gasteiger partial charge in [-0.05, 0) is 13.5 Å². The van der Waals surface area contributed by atoms with Gasteiger partial charge in [0, 0.05) is 19.0 Å². The number of likely N-dealkylation sites (N-methyl/N-ethyl adjacent to an activating group) is 1. The Labute approximate surface area is 69.1 Å². The van der Waals surface area contributed by atoms with E-state index >= 15 is 0 Å². The maximum Gasteiger partial charge on any atom is 0.0635 e. The average Bonchev–Trinajstić information content (AvgIpc) is 2.05. The number of hydrogen-bond acceptors (Lipinski definition) is 2. The van der Waals surface area contributed by atoms with Crippen LogP contribution in [0, 0.1) is 11.3 Å². The monoisotopic (exact) mass is 152 g/mol. The molecule has 0 aromatic carbocycles. The minimum atomic E-state index is 0.383. The molecule has 2 nitrogen and oxygen atoms in total. The second-order valence-corrected chi connectivity index (χ2v) is 2.51. The summed E-state index contributed by atoms with van der Waals surface area (Å²) in [6, 6.07) is 2.52. The van der Waals surface area contributed by atoms with E-state index in [1.54, 1.807) is 0 Å². The molecule has 0 spiro atoms. The lowest BCUT2D eigenvalue weighted by atomic mass is 10.2. The molecule has 0 heterocycles. The van der Waals surface area contributed by atoms with Gasteiger partial charge in [0.15, 0.2) is 0 Å². The van der Waals surface area contributed by atoms with Gasteiger partial charge in [-0.1, -0.05) is 13.0 Å². The molecule has 0 aliphatic carbocycles. The van der Waals surface area contributed by atoms with Crippen LogP contribution in [0.15, 0.2) is 12.7 Å². The Morgan fingerprint density at radius 3 is 2.73 bits per heavy atom. The lowest BCUT2D eigenvalue weighted by molar-refractivity contribution is 0.260. The molecule has 0 aliphatic rings. The SMILES string of the molecule is C=CC(C)N(CC)CCC#N. The molecule has 1 unspecified atom stereocenters. The molecule has 0 aliphatic heterocycles. The zero-order valence-electron chi connectivity index (χ0n) is 7.38. The zero-order chi connectivity index (χ0) is 8.69. The second-order valence-electron chi connectivity index (χ2n) is 2.51. The topological polar surface area (TPSA) is 27.0 Å². The minimum Gasteiger partial charge on any atom is -0.296 e. The van der Waals surface area contributed by atoms with Gasteiger partial charge in [-0.15, -0.1) is 6.58 Å². The third-order valence-corrected chi connectivity index (χ3v) is 1.83. The molecule has 0 saturated heterocycles. The molecular formula is C9H16N2. The molecule has 2 heteroatoms. The van der Waals surface area contributed by atoms with Crippen LogP contribution in [0.4, 0.5) is 0 Å². The van der Waals surface area contributed by atoms with Crippen LogP contribution in [-0.2, 0) is 0 Å². The van der Waals surface area contributed by atoms with Gasteiger partial charge in [-0.25, -0.2) is 0 Å². The predicted molar refractivity (Wildman–Crippen MR) is 47.1 cm³/mol. The fourth-order valence-electron chi connectivity index (χ4n) is 0.992. The van der Waals surface area contributed by atoms with Gasteiger partial charge in [-0.2, -0.15) is 5.26 Å². The van der Waals surface area contributed by atoms with Gasteiger partial charge in [0.05, 0.1) is 6.07 Å². The van der Waals surface area contributed by atoms with Crippen LogP contribution < -0.4 is 0 Å². The first-order valence-corrected chi connectivity index (χ1v) is 3.99. The number of nitrogens with zero attached hydrogens (tertiary/aromatic N) is 2. The summed E-state index contributed by atoms with van der Waals surface area (Å²) in [5, 5.41) is 8.36. The molecule has 0 aromatic heterocycles. The molecule has 0 saturated carbocycles. The summed E-state index contributed by atoms with van der Waals surface area (Å²) in [5.41, 5.74) is 0. The van der Waals surface area contributed by atoms with Crippen molar-refractivity contribution in [2.24, 2.45) is 0 Å². The summed E-state index contributed by atoms with van der Waals surface area (Å²) < 4.78 is 0. The molecule has 0 amide bonds. The summed E-state index contributed by atoms with van der Waals surface area (Å²) in [6.07, 6.45) is 2.51. The molecule has 0 radical (unpaired) electrons. The standard InChI is InChI=1S/C9H16N2/c1-4-9(3)11(5-2)8-6-7-10/h4,9H,1,5-6,8H2,2-3H3. The highest BCUT2D eigenvalue weighted by Gasteiger charge is 2.06. The van der Waals surface area contributed by atoms with Gasteiger partial charge < -0.3 is 0 Å². The van der Waals surface area contributed by atoms with Gasteiger partial charge in [-0.3, -0.25) is 4.90 Å². The summed E-state index contributed by atoms with van der Waals surface area (Å²) in [4.78, 5) is 2.22. The smallest absolute Gasteiger partial charge is 0.0635 e. The number of nitriles is 1. The van der Waals surface area contributed by atoms with Crippen molar-refractivity contribution in [2.75, 3.05) is 13.1 Å². The van der Waals surface area contributed by atoms with E-state index in [2.05, 4.69) is 31.4 Å². The second kappa shape index (κ2) is 5.94. The van der Waals surface area contributed by atoms with Crippen LogP contribution in [0.2, 0.25) is 0 Å². The highest BCUT2D eigenvalue weighted by atomic mass is 15.1. The van der Waals surface area contributed by atoms with E-state index in [0.29, 0.717) is 12.5 Å². The first-order chi connectivity index (χ1) is 5.26. The third-order valence-electron chi connectivity index (χ3n) is 1.83. The summed E-state index contributed by atoms with van der Waals surface area (Å²) in [7, 11) is 0. The molecular weight excluding hydrogens is 136 g/mol. The van der Waals surface area contributed by atoms with E-state index in [1.807, 2.05) is 6.08 Å². The van der Waals surface area contributed by atoms with Crippen molar-refractivity contribution in [3.05, 3.63) is 12.7 Å². The Bertz CT molecular complexity index is 146. The Balaban J connectivity index is 3.76. The number of hydrogen-bond donors (Lipinski definition) is 0. The minimum absolute atomic E-state index is 0.383.